The minimum Gasteiger partial charge on any atom is -0.337 e. The molecule has 1 aliphatic heterocycles. The fourth-order valence-electron chi connectivity index (χ4n) is 3.87. The van der Waals surface area contributed by atoms with E-state index in [-0.39, 0.29) is 11.7 Å². The van der Waals surface area contributed by atoms with Gasteiger partial charge < -0.3 is 4.90 Å². The molecule has 3 aromatic rings. The zero-order valence-corrected chi connectivity index (χ0v) is 17.7. The van der Waals surface area contributed by atoms with Crippen LogP contribution in [0.2, 0.25) is 0 Å². The summed E-state index contributed by atoms with van der Waals surface area (Å²) >= 11 is 0. The number of carbonyl (C=O) groups excluding carboxylic acids is 1. The van der Waals surface area contributed by atoms with Crippen molar-refractivity contribution < 1.29 is 18.0 Å². The molecular weight excluding hydrogens is 419 g/mol. The largest absolute Gasteiger partial charge is 0.417 e. The van der Waals surface area contributed by atoms with Gasteiger partial charge in [-0.25, -0.2) is 9.67 Å². The summed E-state index contributed by atoms with van der Waals surface area (Å²) in [5.41, 5.74) is 1.40. The van der Waals surface area contributed by atoms with Crippen molar-refractivity contribution in [1.29, 1.82) is 0 Å². The van der Waals surface area contributed by atoms with Crippen LogP contribution < -0.4 is 0 Å². The van der Waals surface area contributed by atoms with Crippen molar-refractivity contribution in [3.8, 4) is 5.82 Å². The average molecular weight is 443 g/mol. The predicted octanol–water partition coefficient (Wildman–Crippen LogP) is 3.94. The molecule has 0 saturated carbocycles. The monoisotopic (exact) mass is 443 g/mol. The molecule has 3 heterocycles. The Hall–Kier alpha value is -3.20. The number of amides is 1. The Bertz CT molecular complexity index is 1060. The summed E-state index contributed by atoms with van der Waals surface area (Å²) < 4.78 is 39.7. The number of rotatable bonds is 4. The molecule has 0 N–H and O–H groups in total. The number of halogens is 3. The lowest BCUT2D eigenvalue weighted by Crippen LogP contribution is -2.35. The normalized spacial score (nSPS) is 15.6. The minimum absolute atomic E-state index is 0.123. The Balaban J connectivity index is 1.44. The summed E-state index contributed by atoms with van der Waals surface area (Å²) in [6.07, 6.45) is -1.35. The van der Waals surface area contributed by atoms with Gasteiger partial charge in [-0.3, -0.25) is 9.69 Å². The summed E-state index contributed by atoms with van der Waals surface area (Å²) in [7, 11) is 0. The number of nitrogens with zero attached hydrogens (tertiary/aromatic N) is 5. The van der Waals surface area contributed by atoms with Crippen molar-refractivity contribution in [3.05, 3.63) is 77.2 Å². The van der Waals surface area contributed by atoms with Gasteiger partial charge in [0.2, 0.25) is 0 Å². The smallest absolute Gasteiger partial charge is 0.337 e. The molecule has 0 aliphatic carbocycles. The van der Waals surface area contributed by atoms with E-state index in [1.165, 1.54) is 22.5 Å². The maximum atomic E-state index is 13.2. The fourth-order valence-corrected chi connectivity index (χ4v) is 3.87. The Morgan fingerprint density at radius 2 is 1.78 bits per heavy atom. The molecule has 1 aromatic carbocycles. The van der Waals surface area contributed by atoms with Crippen molar-refractivity contribution in [1.82, 2.24) is 24.6 Å². The molecule has 0 atom stereocenters. The predicted molar refractivity (Wildman–Crippen MR) is 113 cm³/mol. The molecular formula is C23H24F3N5O. The van der Waals surface area contributed by atoms with Crippen LogP contribution in [0.5, 0.6) is 0 Å². The van der Waals surface area contributed by atoms with E-state index in [1.807, 2.05) is 23.1 Å². The summed E-state index contributed by atoms with van der Waals surface area (Å²) in [6.45, 7) is 5.50. The van der Waals surface area contributed by atoms with Crippen molar-refractivity contribution in [3.63, 3.8) is 0 Å². The topological polar surface area (TPSA) is 54.3 Å². The maximum absolute atomic E-state index is 13.2. The van der Waals surface area contributed by atoms with Crippen LogP contribution in [0.15, 0.2) is 54.9 Å². The van der Waals surface area contributed by atoms with Gasteiger partial charge in [0, 0.05) is 38.9 Å². The standard InChI is InChI=1S/C23H24F3N5O/c1-17-20(15-28-31(17)21-9-8-19(14-27-21)23(24,25)26)22(32)30-11-5-10-29(12-13-30)16-18-6-3-2-4-7-18/h2-4,6-9,14-15H,5,10-13,16H2,1H3. The Morgan fingerprint density at radius 1 is 1.00 bits per heavy atom. The first-order valence-corrected chi connectivity index (χ1v) is 10.5. The first-order valence-electron chi connectivity index (χ1n) is 10.5. The highest BCUT2D eigenvalue weighted by molar-refractivity contribution is 5.95. The molecule has 1 amide bonds. The number of pyridine rings is 1. The zero-order valence-electron chi connectivity index (χ0n) is 17.7. The molecule has 32 heavy (non-hydrogen) atoms. The third kappa shape index (κ3) is 4.83. The van der Waals surface area contributed by atoms with E-state index in [9.17, 15) is 18.0 Å². The van der Waals surface area contributed by atoms with E-state index in [1.54, 1.807) is 6.92 Å². The van der Waals surface area contributed by atoms with Gasteiger partial charge in [0.1, 0.15) is 0 Å². The molecule has 1 fully saturated rings. The van der Waals surface area contributed by atoms with E-state index in [0.717, 1.165) is 38.3 Å². The lowest BCUT2D eigenvalue weighted by Gasteiger charge is -2.22. The molecule has 1 saturated heterocycles. The van der Waals surface area contributed by atoms with Crippen LogP contribution in [0.25, 0.3) is 5.82 Å². The summed E-state index contributed by atoms with van der Waals surface area (Å²) in [5, 5.41) is 4.20. The van der Waals surface area contributed by atoms with Crippen molar-refractivity contribution in [2.24, 2.45) is 0 Å². The van der Waals surface area contributed by atoms with Gasteiger partial charge in [-0.05, 0) is 31.0 Å². The van der Waals surface area contributed by atoms with E-state index >= 15 is 0 Å². The molecule has 4 rings (SSSR count). The maximum Gasteiger partial charge on any atom is 0.417 e. The van der Waals surface area contributed by atoms with E-state index < -0.39 is 11.7 Å². The number of carbonyl (C=O) groups is 1. The van der Waals surface area contributed by atoms with Crippen LogP contribution in [-0.2, 0) is 12.7 Å². The lowest BCUT2D eigenvalue weighted by atomic mass is 10.2. The number of benzene rings is 1. The van der Waals surface area contributed by atoms with Crippen LogP contribution in [0.1, 0.15) is 33.6 Å². The summed E-state index contributed by atoms with van der Waals surface area (Å²) in [4.78, 5) is 21.2. The third-order valence-electron chi connectivity index (χ3n) is 5.66. The van der Waals surface area contributed by atoms with Gasteiger partial charge in [-0.15, -0.1) is 0 Å². The Kier molecular flexibility index (Phi) is 6.27. The van der Waals surface area contributed by atoms with E-state index in [4.69, 9.17) is 0 Å². The SMILES string of the molecule is Cc1c(C(=O)N2CCCN(Cc3ccccc3)CC2)cnn1-c1ccc(C(F)(F)F)cn1. The Labute approximate surface area is 184 Å². The van der Waals surface area contributed by atoms with Crippen LogP contribution in [0.4, 0.5) is 13.2 Å². The van der Waals surface area contributed by atoms with Gasteiger partial charge in [0.25, 0.3) is 5.91 Å². The van der Waals surface area contributed by atoms with Gasteiger partial charge >= 0.3 is 6.18 Å². The third-order valence-corrected chi connectivity index (χ3v) is 5.66. The number of aromatic nitrogens is 3. The lowest BCUT2D eigenvalue weighted by molar-refractivity contribution is -0.137. The second-order valence-electron chi connectivity index (χ2n) is 7.87. The van der Waals surface area contributed by atoms with E-state index in [0.29, 0.717) is 24.3 Å². The highest BCUT2D eigenvalue weighted by atomic mass is 19.4. The summed E-state index contributed by atoms with van der Waals surface area (Å²) in [6, 6.07) is 12.5. The number of hydrogen-bond donors (Lipinski definition) is 0. The molecule has 6 nitrogen and oxygen atoms in total. The molecule has 9 heteroatoms. The number of alkyl halides is 3. The summed E-state index contributed by atoms with van der Waals surface area (Å²) in [5.74, 6) is 0.113. The highest BCUT2D eigenvalue weighted by Gasteiger charge is 2.31. The first-order chi connectivity index (χ1) is 15.3. The zero-order chi connectivity index (χ0) is 22.7. The van der Waals surface area contributed by atoms with Crippen molar-refractivity contribution in [2.75, 3.05) is 26.2 Å². The van der Waals surface area contributed by atoms with Crippen molar-refractivity contribution >= 4 is 5.91 Å². The average Bonchev–Trinajstić information content (AvgIpc) is 3.00. The molecule has 0 radical (unpaired) electrons. The molecule has 0 bridgehead atoms. The van der Waals surface area contributed by atoms with Crippen LogP contribution in [0.3, 0.4) is 0 Å². The highest BCUT2D eigenvalue weighted by Crippen LogP contribution is 2.29. The molecule has 1 aliphatic rings. The molecule has 168 valence electrons. The Morgan fingerprint density at radius 3 is 2.47 bits per heavy atom. The number of hydrogen-bond acceptors (Lipinski definition) is 4. The first kappa shape index (κ1) is 22.0. The van der Waals surface area contributed by atoms with Gasteiger partial charge in [-0.1, -0.05) is 30.3 Å². The van der Waals surface area contributed by atoms with Crippen molar-refractivity contribution in [2.45, 2.75) is 26.1 Å². The fraction of sp³-hybridized carbons (Fsp3) is 0.348. The second kappa shape index (κ2) is 9.12. The minimum atomic E-state index is -4.45. The molecule has 0 spiro atoms. The van der Waals surface area contributed by atoms with Gasteiger partial charge in [0.15, 0.2) is 5.82 Å². The van der Waals surface area contributed by atoms with Gasteiger partial charge in [-0.2, -0.15) is 18.3 Å². The van der Waals surface area contributed by atoms with Gasteiger partial charge in [0.05, 0.1) is 23.0 Å². The molecule has 0 unspecified atom stereocenters. The van der Waals surface area contributed by atoms with Crippen LogP contribution >= 0.6 is 0 Å². The van der Waals surface area contributed by atoms with Crippen LogP contribution in [-0.4, -0.2) is 56.7 Å². The van der Waals surface area contributed by atoms with Crippen LogP contribution in [0, 0.1) is 6.92 Å². The second-order valence-corrected chi connectivity index (χ2v) is 7.87. The van der Waals surface area contributed by atoms with E-state index in [2.05, 4.69) is 27.1 Å². The quantitative estimate of drug-likeness (QED) is 0.613. The molecule has 2 aromatic heterocycles.